The molecule has 0 saturated carbocycles. The van der Waals surface area contributed by atoms with Gasteiger partial charge < -0.3 is 0 Å². The van der Waals surface area contributed by atoms with Crippen LogP contribution in [0.4, 0.5) is 0 Å². The van der Waals surface area contributed by atoms with Crippen molar-refractivity contribution < 1.29 is 0 Å². The van der Waals surface area contributed by atoms with Crippen molar-refractivity contribution in [3.05, 3.63) is 108 Å². The lowest BCUT2D eigenvalue weighted by Gasteiger charge is -2.18. The molecule has 0 spiro atoms. The standard InChI is InChI=1S/C29H24/c1-19-8-13-22(14-9-19)28-24-6-4-5-7-25(24)29(23-15-10-20(2)11-16-23)27-18-21(3)12-17-26(27)28/h4-18H,1-3H3. The average Bonchev–Trinajstić information content (AvgIpc) is 2.74. The summed E-state index contributed by atoms with van der Waals surface area (Å²) in [5, 5.41) is 5.25. The molecule has 0 heteroatoms. The van der Waals surface area contributed by atoms with Gasteiger partial charge in [-0.15, -0.1) is 0 Å². The second-order valence-corrected chi connectivity index (χ2v) is 8.08. The Hall–Kier alpha value is -3.38. The first-order valence-electron chi connectivity index (χ1n) is 10.2. The van der Waals surface area contributed by atoms with E-state index < -0.39 is 0 Å². The Morgan fingerprint density at radius 1 is 0.379 bits per heavy atom. The van der Waals surface area contributed by atoms with Crippen molar-refractivity contribution in [1.82, 2.24) is 0 Å². The van der Waals surface area contributed by atoms with Crippen LogP contribution in [0.2, 0.25) is 0 Å². The van der Waals surface area contributed by atoms with Crippen molar-refractivity contribution in [3.8, 4) is 22.3 Å². The van der Waals surface area contributed by atoms with E-state index in [9.17, 15) is 0 Å². The van der Waals surface area contributed by atoms with Crippen LogP contribution in [0.1, 0.15) is 16.7 Å². The fraction of sp³-hybridized carbons (Fsp3) is 0.103. The van der Waals surface area contributed by atoms with Gasteiger partial charge in [0.1, 0.15) is 0 Å². The minimum atomic E-state index is 1.27. The Labute approximate surface area is 172 Å². The van der Waals surface area contributed by atoms with Crippen LogP contribution in [0, 0.1) is 20.8 Å². The van der Waals surface area contributed by atoms with Crippen molar-refractivity contribution >= 4 is 21.5 Å². The predicted molar refractivity (Wildman–Crippen MR) is 127 cm³/mol. The fourth-order valence-electron chi connectivity index (χ4n) is 4.35. The summed E-state index contributed by atoms with van der Waals surface area (Å²) in [5.74, 6) is 0. The van der Waals surface area contributed by atoms with Crippen LogP contribution >= 0.6 is 0 Å². The molecule has 0 saturated heterocycles. The summed E-state index contributed by atoms with van der Waals surface area (Å²) in [5.41, 5.74) is 9.07. The zero-order valence-corrected chi connectivity index (χ0v) is 17.2. The highest BCUT2D eigenvalue weighted by molar-refractivity contribution is 6.21. The second-order valence-electron chi connectivity index (χ2n) is 8.08. The summed E-state index contributed by atoms with van der Waals surface area (Å²) in [7, 11) is 0. The van der Waals surface area contributed by atoms with E-state index >= 15 is 0 Å². The number of rotatable bonds is 2. The Morgan fingerprint density at radius 3 is 1.31 bits per heavy atom. The van der Waals surface area contributed by atoms with Crippen LogP contribution < -0.4 is 0 Å². The van der Waals surface area contributed by atoms with Gasteiger partial charge in [-0.3, -0.25) is 0 Å². The molecule has 0 bridgehead atoms. The Morgan fingerprint density at radius 2 is 0.793 bits per heavy atom. The molecule has 0 radical (unpaired) electrons. The van der Waals surface area contributed by atoms with E-state index in [1.54, 1.807) is 0 Å². The normalized spacial score (nSPS) is 11.3. The molecule has 0 aliphatic carbocycles. The number of fused-ring (bicyclic) bond motifs is 2. The second kappa shape index (κ2) is 6.90. The number of hydrogen-bond donors (Lipinski definition) is 0. The van der Waals surface area contributed by atoms with E-state index in [4.69, 9.17) is 0 Å². The van der Waals surface area contributed by atoms with Gasteiger partial charge in [-0.1, -0.05) is 108 Å². The summed E-state index contributed by atoms with van der Waals surface area (Å²) in [6.07, 6.45) is 0. The Kier molecular flexibility index (Phi) is 4.21. The molecule has 5 aromatic carbocycles. The number of aryl methyl sites for hydroxylation is 3. The van der Waals surface area contributed by atoms with E-state index in [0.717, 1.165) is 0 Å². The maximum Gasteiger partial charge on any atom is -0.00263 e. The number of benzene rings is 5. The van der Waals surface area contributed by atoms with Gasteiger partial charge >= 0.3 is 0 Å². The topological polar surface area (TPSA) is 0 Å². The number of hydrogen-bond acceptors (Lipinski definition) is 0. The van der Waals surface area contributed by atoms with E-state index in [1.807, 2.05) is 0 Å². The summed E-state index contributed by atoms with van der Waals surface area (Å²) in [6, 6.07) is 33.5. The van der Waals surface area contributed by atoms with E-state index in [-0.39, 0.29) is 0 Å². The maximum atomic E-state index is 2.34. The Bertz CT molecular complexity index is 1340. The lowest BCUT2D eigenvalue weighted by atomic mass is 9.85. The van der Waals surface area contributed by atoms with E-state index in [1.165, 1.54) is 60.5 Å². The molecule has 5 aromatic rings. The van der Waals surface area contributed by atoms with Crippen molar-refractivity contribution in [1.29, 1.82) is 0 Å². The maximum absolute atomic E-state index is 2.34. The molecule has 0 unspecified atom stereocenters. The van der Waals surface area contributed by atoms with Crippen LogP contribution in [-0.4, -0.2) is 0 Å². The minimum absolute atomic E-state index is 1.27. The highest BCUT2D eigenvalue weighted by atomic mass is 14.2. The predicted octanol–water partition coefficient (Wildman–Crippen LogP) is 8.25. The first-order chi connectivity index (χ1) is 14.1. The third-order valence-electron chi connectivity index (χ3n) is 5.86. The molecular formula is C29H24. The van der Waals surface area contributed by atoms with Crippen LogP contribution in [0.25, 0.3) is 43.8 Å². The van der Waals surface area contributed by atoms with Gasteiger partial charge in [-0.2, -0.15) is 0 Å². The molecule has 0 aliphatic rings. The van der Waals surface area contributed by atoms with Crippen LogP contribution in [0.5, 0.6) is 0 Å². The molecule has 0 aliphatic heterocycles. The van der Waals surface area contributed by atoms with Crippen molar-refractivity contribution in [2.45, 2.75) is 20.8 Å². The molecule has 140 valence electrons. The molecule has 0 atom stereocenters. The Balaban J connectivity index is 1.98. The smallest absolute Gasteiger partial charge is 0.00263 e. The molecule has 0 amide bonds. The summed E-state index contributed by atoms with van der Waals surface area (Å²) >= 11 is 0. The van der Waals surface area contributed by atoms with E-state index in [0.29, 0.717) is 0 Å². The third-order valence-corrected chi connectivity index (χ3v) is 5.86. The van der Waals surface area contributed by atoms with Gasteiger partial charge in [-0.05, 0) is 64.6 Å². The van der Waals surface area contributed by atoms with Crippen molar-refractivity contribution in [2.24, 2.45) is 0 Å². The molecule has 0 nitrogen and oxygen atoms in total. The molecule has 0 N–H and O–H groups in total. The van der Waals surface area contributed by atoms with Crippen molar-refractivity contribution in [2.75, 3.05) is 0 Å². The van der Waals surface area contributed by atoms with Gasteiger partial charge in [0.15, 0.2) is 0 Å². The highest BCUT2D eigenvalue weighted by Crippen LogP contribution is 2.43. The molecule has 5 rings (SSSR count). The van der Waals surface area contributed by atoms with Crippen LogP contribution in [0.3, 0.4) is 0 Å². The molecule has 0 heterocycles. The third kappa shape index (κ3) is 3.02. The largest absolute Gasteiger partial charge is 0.0616 e. The first-order valence-corrected chi connectivity index (χ1v) is 10.2. The molecular weight excluding hydrogens is 348 g/mol. The van der Waals surface area contributed by atoms with Gasteiger partial charge in [0.2, 0.25) is 0 Å². The SMILES string of the molecule is Cc1ccc(-c2c3ccccc3c(-c3ccc(C)cc3)c3cc(C)ccc23)cc1. The average molecular weight is 373 g/mol. The first kappa shape index (κ1) is 17.7. The van der Waals surface area contributed by atoms with Gasteiger partial charge in [-0.25, -0.2) is 0 Å². The van der Waals surface area contributed by atoms with Gasteiger partial charge in [0.25, 0.3) is 0 Å². The fourth-order valence-corrected chi connectivity index (χ4v) is 4.35. The lowest BCUT2D eigenvalue weighted by Crippen LogP contribution is -1.91. The molecule has 0 aromatic heterocycles. The minimum Gasteiger partial charge on any atom is -0.0616 e. The summed E-state index contributed by atoms with van der Waals surface area (Å²) in [6.45, 7) is 6.47. The zero-order valence-electron chi connectivity index (χ0n) is 17.2. The lowest BCUT2D eigenvalue weighted by molar-refractivity contribution is 1.47. The molecule has 29 heavy (non-hydrogen) atoms. The van der Waals surface area contributed by atoms with Crippen LogP contribution in [-0.2, 0) is 0 Å². The molecule has 0 fully saturated rings. The summed E-state index contributed by atoms with van der Waals surface area (Å²) in [4.78, 5) is 0. The van der Waals surface area contributed by atoms with Gasteiger partial charge in [0.05, 0.1) is 0 Å². The monoisotopic (exact) mass is 372 g/mol. The van der Waals surface area contributed by atoms with Crippen molar-refractivity contribution in [3.63, 3.8) is 0 Å². The van der Waals surface area contributed by atoms with Crippen LogP contribution in [0.15, 0.2) is 91.0 Å². The highest BCUT2D eigenvalue weighted by Gasteiger charge is 2.16. The van der Waals surface area contributed by atoms with E-state index in [2.05, 4.69) is 112 Å². The quantitative estimate of drug-likeness (QED) is 0.274. The summed E-state index contributed by atoms with van der Waals surface area (Å²) < 4.78 is 0. The van der Waals surface area contributed by atoms with Gasteiger partial charge in [0, 0.05) is 0 Å². The zero-order chi connectivity index (χ0) is 20.0.